The maximum absolute atomic E-state index is 5.71. The lowest BCUT2D eigenvalue weighted by Gasteiger charge is -2.12. The largest absolute Gasteiger partial charge is 0.491 e. The second-order valence-electron chi connectivity index (χ2n) is 4.13. The zero-order chi connectivity index (χ0) is 13.1. The summed E-state index contributed by atoms with van der Waals surface area (Å²) in [5, 5.41) is 0.627. The van der Waals surface area contributed by atoms with Crippen LogP contribution >= 0.6 is 27.3 Å². The van der Waals surface area contributed by atoms with Gasteiger partial charge in [0.15, 0.2) is 0 Å². The highest BCUT2D eigenvalue weighted by Gasteiger charge is 2.07. The maximum Gasteiger partial charge on any atom is 0.279 e. The van der Waals surface area contributed by atoms with Crippen molar-refractivity contribution < 1.29 is 9.47 Å². The van der Waals surface area contributed by atoms with Crippen molar-refractivity contribution in [1.29, 1.82) is 0 Å². The van der Waals surface area contributed by atoms with Crippen molar-refractivity contribution in [2.24, 2.45) is 0 Å². The van der Waals surface area contributed by atoms with Crippen LogP contribution in [0.25, 0.3) is 0 Å². The van der Waals surface area contributed by atoms with Crippen LogP contribution in [0, 0.1) is 6.92 Å². The maximum atomic E-state index is 5.71. The second-order valence-corrected chi connectivity index (χ2v) is 6.50. The van der Waals surface area contributed by atoms with E-state index in [-0.39, 0.29) is 6.10 Å². The molecule has 0 bridgehead atoms. The fourth-order valence-electron chi connectivity index (χ4n) is 1.46. The van der Waals surface area contributed by atoms with Crippen LogP contribution in [0.4, 0.5) is 0 Å². The first-order valence-electron chi connectivity index (χ1n) is 5.61. The van der Waals surface area contributed by atoms with E-state index >= 15 is 0 Å². The first-order chi connectivity index (χ1) is 8.54. The standard InChI is InChI=1S/C13H14BrNO2S/c1-8(2)16-10-4-5-11(9(3)6-10)17-13-15-7-12(14)18-13/h4-8H,1-3H3. The number of ether oxygens (including phenoxy) is 2. The molecule has 0 spiro atoms. The molecule has 0 aliphatic rings. The van der Waals surface area contributed by atoms with E-state index in [1.165, 1.54) is 11.3 Å². The average Bonchev–Trinajstić information content (AvgIpc) is 2.67. The molecule has 0 N–H and O–H groups in total. The van der Waals surface area contributed by atoms with Crippen LogP contribution in [0.3, 0.4) is 0 Å². The summed E-state index contributed by atoms with van der Waals surface area (Å²) < 4.78 is 12.3. The van der Waals surface area contributed by atoms with Crippen LogP contribution < -0.4 is 9.47 Å². The summed E-state index contributed by atoms with van der Waals surface area (Å²) in [5.74, 6) is 1.66. The van der Waals surface area contributed by atoms with Crippen LogP contribution in [0.5, 0.6) is 16.7 Å². The van der Waals surface area contributed by atoms with Crippen LogP contribution in [-0.4, -0.2) is 11.1 Å². The number of halogens is 1. The summed E-state index contributed by atoms with van der Waals surface area (Å²) in [6, 6.07) is 5.78. The summed E-state index contributed by atoms with van der Waals surface area (Å²) >= 11 is 4.82. The summed E-state index contributed by atoms with van der Waals surface area (Å²) in [7, 11) is 0. The molecule has 2 rings (SSSR count). The smallest absolute Gasteiger partial charge is 0.279 e. The van der Waals surface area contributed by atoms with Crippen molar-refractivity contribution in [2.45, 2.75) is 26.9 Å². The van der Waals surface area contributed by atoms with Gasteiger partial charge in [0.25, 0.3) is 5.19 Å². The number of aryl methyl sites for hydroxylation is 1. The van der Waals surface area contributed by atoms with E-state index in [0.29, 0.717) is 5.19 Å². The van der Waals surface area contributed by atoms with E-state index < -0.39 is 0 Å². The van der Waals surface area contributed by atoms with Gasteiger partial charge in [0.1, 0.15) is 11.5 Å². The van der Waals surface area contributed by atoms with Gasteiger partial charge in [0, 0.05) is 0 Å². The van der Waals surface area contributed by atoms with Crippen LogP contribution in [0.2, 0.25) is 0 Å². The third-order valence-electron chi connectivity index (χ3n) is 2.17. The van der Waals surface area contributed by atoms with E-state index in [9.17, 15) is 0 Å². The summed E-state index contributed by atoms with van der Waals surface area (Å²) in [6.07, 6.45) is 1.90. The van der Waals surface area contributed by atoms with Crippen molar-refractivity contribution in [2.75, 3.05) is 0 Å². The lowest BCUT2D eigenvalue weighted by molar-refractivity contribution is 0.242. The predicted molar refractivity (Wildman–Crippen MR) is 76.8 cm³/mol. The fourth-order valence-corrected chi connectivity index (χ4v) is 2.49. The van der Waals surface area contributed by atoms with Gasteiger partial charge in [-0.3, -0.25) is 0 Å². The molecule has 0 unspecified atom stereocenters. The van der Waals surface area contributed by atoms with Crippen LogP contribution in [0.1, 0.15) is 19.4 Å². The van der Waals surface area contributed by atoms with Gasteiger partial charge in [0.2, 0.25) is 0 Å². The quantitative estimate of drug-likeness (QED) is 0.808. The molecule has 0 aliphatic heterocycles. The van der Waals surface area contributed by atoms with Crippen molar-refractivity contribution in [3.05, 3.63) is 33.7 Å². The second kappa shape index (κ2) is 5.71. The van der Waals surface area contributed by atoms with Crippen LogP contribution in [0.15, 0.2) is 28.2 Å². The van der Waals surface area contributed by atoms with Gasteiger partial charge in [-0.15, -0.1) is 0 Å². The Morgan fingerprint density at radius 1 is 1.33 bits per heavy atom. The van der Waals surface area contributed by atoms with Gasteiger partial charge in [-0.25, -0.2) is 4.98 Å². The van der Waals surface area contributed by atoms with Gasteiger partial charge in [-0.2, -0.15) is 0 Å². The lowest BCUT2D eigenvalue weighted by atomic mass is 10.2. The van der Waals surface area contributed by atoms with E-state index in [1.807, 2.05) is 39.0 Å². The van der Waals surface area contributed by atoms with Crippen molar-refractivity contribution in [3.8, 4) is 16.7 Å². The highest BCUT2D eigenvalue weighted by Crippen LogP contribution is 2.32. The molecule has 1 aromatic heterocycles. The molecule has 1 aromatic carbocycles. The first kappa shape index (κ1) is 13.4. The molecular weight excluding hydrogens is 314 g/mol. The van der Waals surface area contributed by atoms with Gasteiger partial charge < -0.3 is 9.47 Å². The fraction of sp³-hybridized carbons (Fsp3) is 0.308. The van der Waals surface area contributed by atoms with Crippen molar-refractivity contribution >= 4 is 27.3 Å². The number of nitrogens with zero attached hydrogens (tertiary/aromatic N) is 1. The SMILES string of the molecule is Cc1cc(OC(C)C)ccc1Oc1ncc(Br)s1. The zero-order valence-corrected chi connectivity index (χ0v) is 12.8. The Hall–Kier alpha value is -1.07. The normalized spacial score (nSPS) is 10.7. The van der Waals surface area contributed by atoms with Gasteiger partial charge >= 0.3 is 0 Å². The highest BCUT2D eigenvalue weighted by atomic mass is 79.9. The highest BCUT2D eigenvalue weighted by molar-refractivity contribution is 9.11. The summed E-state index contributed by atoms with van der Waals surface area (Å²) in [6.45, 7) is 6.00. The molecule has 0 amide bonds. The van der Waals surface area contributed by atoms with E-state index in [2.05, 4.69) is 20.9 Å². The van der Waals surface area contributed by atoms with E-state index in [1.54, 1.807) is 6.20 Å². The summed E-state index contributed by atoms with van der Waals surface area (Å²) in [4.78, 5) is 4.14. The Morgan fingerprint density at radius 3 is 2.67 bits per heavy atom. The Labute approximate surface area is 119 Å². The van der Waals surface area contributed by atoms with Gasteiger partial charge in [-0.1, -0.05) is 11.3 Å². The van der Waals surface area contributed by atoms with Crippen molar-refractivity contribution in [3.63, 3.8) is 0 Å². The third kappa shape index (κ3) is 3.46. The molecule has 0 saturated heterocycles. The molecule has 0 fully saturated rings. The molecule has 3 nitrogen and oxygen atoms in total. The van der Waals surface area contributed by atoms with Crippen molar-refractivity contribution in [1.82, 2.24) is 4.98 Å². The molecule has 0 saturated carbocycles. The minimum atomic E-state index is 0.172. The Bertz CT molecular complexity index is 540. The number of thiazole rings is 1. The van der Waals surface area contributed by atoms with E-state index in [4.69, 9.17) is 9.47 Å². The Balaban J connectivity index is 2.14. The summed E-state index contributed by atoms with van der Waals surface area (Å²) in [5.41, 5.74) is 1.03. The molecule has 2 aromatic rings. The number of rotatable bonds is 4. The molecule has 0 aliphatic carbocycles. The minimum absolute atomic E-state index is 0.172. The molecule has 5 heteroatoms. The monoisotopic (exact) mass is 327 g/mol. The average molecular weight is 328 g/mol. The lowest BCUT2D eigenvalue weighted by Crippen LogP contribution is -2.05. The predicted octanol–water partition coefficient (Wildman–Crippen LogP) is 4.79. The van der Waals surface area contributed by atoms with Gasteiger partial charge in [0.05, 0.1) is 16.1 Å². The van der Waals surface area contributed by atoms with Crippen LogP contribution in [-0.2, 0) is 0 Å². The number of hydrogen-bond donors (Lipinski definition) is 0. The zero-order valence-electron chi connectivity index (χ0n) is 10.4. The molecular formula is C13H14BrNO2S. The number of benzene rings is 1. The molecule has 0 atom stereocenters. The molecule has 96 valence electrons. The van der Waals surface area contributed by atoms with E-state index in [0.717, 1.165) is 20.8 Å². The Morgan fingerprint density at radius 2 is 2.11 bits per heavy atom. The van der Waals surface area contributed by atoms with Gasteiger partial charge in [-0.05, 0) is 60.5 Å². The topological polar surface area (TPSA) is 31.4 Å². The Kier molecular flexibility index (Phi) is 4.24. The minimum Gasteiger partial charge on any atom is -0.491 e. The molecule has 0 radical (unpaired) electrons. The first-order valence-corrected chi connectivity index (χ1v) is 7.22. The molecule has 18 heavy (non-hydrogen) atoms. The molecule has 1 heterocycles. The number of aromatic nitrogens is 1. The number of hydrogen-bond acceptors (Lipinski definition) is 4. The third-order valence-corrected chi connectivity index (χ3v) is 3.53.